The molecule has 0 atom stereocenters. The molecule has 1 aromatic rings. The highest BCUT2D eigenvalue weighted by atomic mass is 35.5. The first-order valence-corrected chi connectivity index (χ1v) is 5.21. The van der Waals surface area contributed by atoms with Crippen LogP contribution in [0.4, 0.5) is 14.5 Å². The quantitative estimate of drug-likeness (QED) is 0.785. The number of rotatable bonds is 6. The maximum absolute atomic E-state index is 11.7. The molecule has 0 aliphatic heterocycles. The Labute approximate surface area is 101 Å². The number of hydrogen-bond donors (Lipinski definition) is 1. The second-order valence-corrected chi connectivity index (χ2v) is 3.57. The summed E-state index contributed by atoms with van der Waals surface area (Å²) in [6, 6.07) is 0. The van der Waals surface area contributed by atoms with E-state index in [9.17, 15) is 13.6 Å². The smallest absolute Gasteiger partial charge is 0.287 e. The third-order valence-corrected chi connectivity index (χ3v) is 2.25. The van der Waals surface area contributed by atoms with Crippen molar-refractivity contribution in [3.63, 3.8) is 0 Å². The normalized spacial score (nSPS) is 10.9. The lowest BCUT2D eigenvalue weighted by Crippen LogP contribution is -2.22. The molecule has 0 aliphatic carbocycles. The van der Waals surface area contributed by atoms with E-state index in [1.807, 2.05) is 0 Å². The van der Waals surface area contributed by atoms with E-state index < -0.39 is 18.6 Å². The van der Waals surface area contributed by atoms with Gasteiger partial charge in [0.1, 0.15) is 11.6 Å². The van der Waals surface area contributed by atoms with Crippen LogP contribution >= 0.6 is 11.6 Å². The molecule has 0 spiro atoms. The lowest BCUT2D eigenvalue weighted by Gasteiger charge is -2.08. The van der Waals surface area contributed by atoms with E-state index in [-0.39, 0.29) is 18.2 Å². The van der Waals surface area contributed by atoms with Crippen LogP contribution in [0.3, 0.4) is 0 Å². The molecule has 0 aromatic carbocycles. The second kappa shape index (κ2) is 6.51. The Morgan fingerprint density at radius 3 is 3.00 bits per heavy atom. The number of aromatic nitrogens is 2. The number of hydrogen-bond acceptors (Lipinski definition) is 4. The van der Waals surface area contributed by atoms with Crippen LogP contribution in [-0.2, 0) is 11.8 Å². The van der Waals surface area contributed by atoms with Crippen LogP contribution in [0.2, 0.25) is 5.02 Å². The van der Waals surface area contributed by atoms with Crippen molar-refractivity contribution in [3.8, 4) is 0 Å². The summed E-state index contributed by atoms with van der Waals surface area (Å²) in [5.41, 5.74) is -0.0689. The average molecular weight is 268 g/mol. The Morgan fingerprint density at radius 2 is 2.35 bits per heavy atom. The van der Waals surface area contributed by atoms with Crippen LogP contribution in [0.1, 0.15) is 0 Å². The maximum Gasteiger partial charge on any atom is 0.287 e. The summed E-state index contributed by atoms with van der Waals surface area (Å²) in [7, 11) is 1.48. The third kappa shape index (κ3) is 4.27. The number of ether oxygens (including phenoxy) is 1. The van der Waals surface area contributed by atoms with Crippen molar-refractivity contribution >= 4 is 17.3 Å². The van der Waals surface area contributed by atoms with Crippen LogP contribution < -0.4 is 10.9 Å². The molecule has 0 saturated heterocycles. The van der Waals surface area contributed by atoms with E-state index in [4.69, 9.17) is 11.6 Å². The SMILES string of the molecule is Cn1ncc(NCCOCC(F)F)c(Cl)c1=O. The highest BCUT2D eigenvalue weighted by molar-refractivity contribution is 6.32. The molecule has 8 heteroatoms. The zero-order chi connectivity index (χ0) is 12.8. The number of anilines is 1. The van der Waals surface area contributed by atoms with Gasteiger partial charge in [0.15, 0.2) is 0 Å². The molecule has 0 aliphatic rings. The molecule has 0 unspecified atom stereocenters. The number of halogens is 3. The van der Waals surface area contributed by atoms with E-state index in [0.717, 1.165) is 4.68 Å². The molecular weight excluding hydrogens is 256 g/mol. The summed E-state index contributed by atoms with van der Waals surface area (Å²) in [5.74, 6) is 0. The number of nitrogens with one attached hydrogen (secondary N) is 1. The Hall–Kier alpha value is -1.21. The van der Waals surface area contributed by atoms with Gasteiger partial charge < -0.3 is 10.1 Å². The fourth-order valence-corrected chi connectivity index (χ4v) is 1.30. The van der Waals surface area contributed by atoms with Gasteiger partial charge in [-0.2, -0.15) is 5.10 Å². The molecule has 1 rings (SSSR count). The van der Waals surface area contributed by atoms with Crippen LogP contribution in [0, 0.1) is 0 Å². The zero-order valence-electron chi connectivity index (χ0n) is 9.12. The standard InChI is InChI=1S/C9H12ClF2N3O2/c1-15-9(16)8(10)6(4-14-15)13-2-3-17-5-7(11)12/h4,7,13H,2-3,5H2,1H3. The highest BCUT2D eigenvalue weighted by Crippen LogP contribution is 2.14. The predicted molar refractivity (Wildman–Crippen MR) is 59.8 cm³/mol. The van der Waals surface area contributed by atoms with Gasteiger partial charge in [0.2, 0.25) is 0 Å². The van der Waals surface area contributed by atoms with E-state index >= 15 is 0 Å². The molecule has 17 heavy (non-hydrogen) atoms. The van der Waals surface area contributed by atoms with Gasteiger partial charge in [-0.1, -0.05) is 11.6 Å². The van der Waals surface area contributed by atoms with Crippen LogP contribution in [-0.4, -0.2) is 36.0 Å². The summed E-state index contributed by atoms with van der Waals surface area (Å²) in [5, 5.41) is 6.55. The minimum atomic E-state index is -2.48. The van der Waals surface area contributed by atoms with Gasteiger partial charge >= 0.3 is 0 Å². The summed E-state index contributed by atoms with van der Waals surface area (Å²) in [6.07, 6.45) is -1.10. The minimum absolute atomic E-state index is 0.0105. The summed E-state index contributed by atoms with van der Waals surface area (Å²) >= 11 is 5.77. The van der Waals surface area contributed by atoms with Crippen molar-refractivity contribution in [2.75, 3.05) is 25.1 Å². The van der Waals surface area contributed by atoms with Crippen molar-refractivity contribution in [2.24, 2.45) is 7.05 Å². The second-order valence-electron chi connectivity index (χ2n) is 3.19. The number of alkyl halides is 2. The Bertz CT molecular complexity index is 425. The zero-order valence-corrected chi connectivity index (χ0v) is 9.88. The van der Waals surface area contributed by atoms with Crippen LogP contribution in [0.5, 0.6) is 0 Å². The summed E-state index contributed by atoms with van der Waals surface area (Å²) in [4.78, 5) is 11.4. The maximum atomic E-state index is 11.7. The van der Waals surface area contributed by atoms with Gasteiger partial charge in [-0.05, 0) is 0 Å². The van der Waals surface area contributed by atoms with Gasteiger partial charge in [0.25, 0.3) is 12.0 Å². The lowest BCUT2D eigenvalue weighted by atomic mass is 10.4. The largest absolute Gasteiger partial charge is 0.380 e. The lowest BCUT2D eigenvalue weighted by molar-refractivity contribution is 0.0215. The first kappa shape index (κ1) is 13.9. The first-order chi connectivity index (χ1) is 8.02. The minimum Gasteiger partial charge on any atom is -0.380 e. The van der Waals surface area contributed by atoms with E-state index in [1.165, 1.54) is 13.2 Å². The molecule has 1 heterocycles. The van der Waals surface area contributed by atoms with E-state index in [1.54, 1.807) is 0 Å². The highest BCUT2D eigenvalue weighted by Gasteiger charge is 2.06. The van der Waals surface area contributed by atoms with Gasteiger partial charge in [0.05, 0.1) is 18.5 Å². The van der Waals surface area contributed by atoms with E-state index in [0.29, 0.717) is 5.69 Å². The van der Waals surface area contributed by atoms with Crippen molar-refractivity contribution in [3.05, 3.63) is 21.6 Å². The monoisotopic (exact) mass is 267 g/mol. The van der Waals surface area contributed by atoms with Crippen molar-refractivity contribution in [1.82, 2.24) is 9.78 Å². The Kier molecular flexibility index (Phi) is 5.30. The van der Waals surface area contributed by atoms with Gasteiger partial charge in [-0.25, -0.2) is 13.5 Å². The molecule has 1 N–H and O–H groups in total. The average Bonchev–Trinajstić information content (AvgIpc) is 2.28. The Morgan fingerprint density at radius 1 is 1.65 bits per heavy atom. The summed E-state index contributed by atoms with van der Waals surface area (Å²) in [6.45, 7) is -0.249. The van der Waals surface area contributed by atoms with Crippen molar-refractivity contribution < 1.29 is 13.5 Å². The van der Waals surface area contributed by atoms with E-state index in [2.05, 4.69) is 15.2 Å². The molecule has 0 amide bonds. The molecule has 5 nitrogen and oxygen atoms in total. The molecule has 96 valence electrons. The first-order valence-electron chi connectivity index (χ1n) is 4.84. The fourth-order valence-electron chi connectivity index (χ4n) is 1.06. The van der Waals surface area contributed by atoms with Gasteiger partial charge in [0, 0.05) is 13.6 Å². The molecule has 0 saturated carbocycles. The van der Waals surface area contributed by atoms with Crippen LogP contribution in [0.25, 0.3) is 0 Å². The van der Waals surface area contributed by atoms with Gasteiger partial charge in [-0.15, -0.1) is 0 Å². The summed E-state index contributed by atoms with van der Waals surface area (Å²) < 4.78 is 29.2. The van der Waals surface area contributed by atoms with Gasteiger partial charge in [-0.3, -0.25) is 4.79 Å². The molecular formula is C9H12ClF2N3O2. The van der Waals surface area contributed by atoms with Crippen LogP contribution in [0.15, 0.2) is 11.0 Å². The number of aryl methyl sites for hydroxylation is 1. The molecule has 0 fully saturated rings. The fraction of sp³-hybridized carbons (Fsp3) is 0.556. The van der Waals surface area contributed by atoms with Crippen molar-refractivity contribution in [1.29, 1.82) is 0 Å². The number of nitrogens with zero attached hydrogens (tertiary/aromatic N) is 2. The third-order valence-electron chi connectivity index (χ3n) is 1.88. The molecule has 0 bridgehead atoms. The predicted octanol–water partition coefficient (Wildman–Crippen LogP) is 1.13. The molecule has 1 aromatic heterocycles. The Balaban J connectivity index is 2.42. The topological polar surface area (TPSA) is 56.1 Å². The molecule has 0 radical (unpaired) electrons. The van der Waals surface area contributed by atoms with Crippen molar-refractivity contribution in [2.45, 2.75) is 6.43 Å².